The maximum absolute atomic E-state index is 6.06. The van der Waals surface area contributed by atoms with E-state index < -0.39 is 0 Å². The van der Waals surface area contributed by atoms with Gasteiger partial charge in [0.15, 0.2) is 0 Å². The molecule has 0 saturated heterocycles. The first-order valence-electron chi connectivity index (χ1n) is 7.28. The second-order valence-electron chi connectivity index (χ2n) is 5.01. The highest BCUT2D eigenvalue weighted by Gasteiger charge is 2.08. The first-order chi connectivity index (χ1) is 9.79. The highest BCUT2D eigenvalue weighted by Crippen LogP contribution is 2.22. The van der Waals surface area contributed by atoms with Crippen molar-refractivity contribution in [3.63, 3.8) is 0 Å². The topological polar surface area (TPSA) is 21.3 Å². The summed E-state index contributed by atoms with van der Waals surface area (Å²) in [5, 5.41) is 3.31. The van der Waals surface area contributed by atoms with Gasteiger partial charge in [0.25, 0.3) is 0 Å². The minimum Gasteiger partial charge on any atom is -0.489 e. The zero-order chi connectivity index (χ0) is 14.2. The third-order valence-corrected chi connectivity index (χ3v) is 3.22. The standard InChI is InChI=1S/C18H23NO/c1-3-19-14-15(2)20-18-12-8-7-11-17(18)13-16-9-5-4-6-10-16/h4-12,15,19H,3,13-14H2,1-2H3. The predicted octanol–water partition coefficient (Wildman–Crippen LogP) is 3.65. The number of hydrogen-bond donors (Lipinski definition) is 1. The molecule has 2 rings (SSSR count). The Labute approximate surface area is 121 Å². The lowest BCUT2D eigenvalue weighted by atomic mass is 10.0. The maximum Gasteiger partial charge on any atom is 0.123 e. The van der Waals surface area contributed by atoms with Gasteiger partial charge in [-0.25, -0.2) is 0 Å². The van der Waals surface area contributed by atoms with E-state index in [0.717, 1.165) is 25.3 Å². The lowest BCUT2D eigenvalue weighted by Crippen LogP contribution is -2.28. The SMILES string of the molecule is CCNCC(C)Oc1ccccc1Cc1ccccc1. The number of likely N-dealkylation sites (N-methyl/N-ethyl adjacent to an activating group) is 1. The Morgan fingerprint density at radius 3 is 2.45 bits per heavy atom. The maximum atomic E-state index is 6.06. The molecule has 2 heteroatoms. The lowest BCUT2D eigenvalue weighted by molar-refractivity contribution is 0.216. The summed E-state index contributed by atoms with van der Waals surface area (Å²) >= 11 is 0. The Balaban J connectivity index is 2.06. The summed E-state index contributed by atoms with van der Waals surface area (Å²) in [5.74, 6) is 0.988. The van der Waals surface area contributed by atoms with Crippen molar-refractivity contribution in [1.29, 1.82) is 0 Å². The highest BCUT2D eigenvalue weighted by molar-refractivity contribution is 5.37. The van der Waals surface area contributed by atoms with E-state index in [4.69, 9.17) is 4.74 Å². The quantitative estimate of drug-likeness (QED) is 0.828. The molecule has 1 unspecified atom stereocenters. The number of nitrogens with one attached hydrogen (secondary N) is 1. The molecule has 0 bridgehead atoms. The summed E-state index contributed by atoms with van der Waals surface area (Å²) in [5.41, 5.74) is 2.55. The van der Waals surface area contributed by atoms with Gasteiger partial charge in [-0.15, -0.1) is 0 Å². The summed E-state index contributed by atoms with van der Waals surface area (Å²) in [6, 6.07) is 18.8. The molecular weight excluding hydrogens is 246 g/mol. The minimum absolute atomic E-state index is 0.173. The van der Waals surface area contributed by atoms with Crippen LogP contribution in [0.5, 0.6) is 5.75 Å². The molecule has 0 aliphatic carbocycles. The van der Waals surface area contributed by atoms with Gasteiger partial charge in [-0.05, 0) is 30.7 Å². The lowest BCUT2D eigenvalue weighted by Gasteiger charge is -2.17. The van der Waals surface area contributed by atoms with E-state index >= 15 is 0 Å². The molecule has 0 aromatic heterocycles. The summed E-state index contributed by atoms with van der Waals surface area (Å²) in [7, 11) is 0. The average molecular weight is 269 g/mol. The van der Waals surface area contributed by atoms with E-state index in [0.29, 0.717) is 0 Å². The molecule has 1 N–H and O–H groups in total. The second kappa shape index (κ2) is 7.71. The van der Waals surface area contributed by atoms with E-state index in [1.807, 2.05) is 12.1 Å². The van der Waals surface area contributed by atoms with Gasteiger partial charge in [0.05, 0.1) is 0 Å². The van der Waals surface area contributed by atoms with Gasteiger partial charge in [0, 0.05) is 13.0 Å². The molecule has 20 heavy (non-hydrogen) atoms. The fourth-order valence-electron chi connectivity index (χ4n) is 2.19. The van der Waals surface area contributed by atoms with Crippen LogP contribution in [0.4, 0.5) is 0 Å². The van der Waals surface area contributed by atoms with Gasteiger partial charge in [-0.1, -0.05) is 55.5 Å². The smallest absolute Gasteiger partial charge is 0.123 e. The second-order valence-corrected chi connectivity index (χ2v) is 5.01. The molecule has 0 fully saturated rings. The molecular formula is C18H23NO. The van der Waals surface area contributed by atoms with Crippen LogP contribution in [0.1, 0.15) is 25.0 Å². The van der Waals surface area contributed by atoms with Crippen LogP contribution in [0.3, 0.4) is 0 Å². The number of ether oxygens (including phenoxy) is 1. The Bertz CT molecular complexity index is 510. The molecule has 0 heterocycles. The van der Waals surface area contributed by atoms with Crippen LogP contribution in [0.2, 0.25) is 0 Å². The molecule has 106 valence electrons. The van der Waals surface area contributed by atoms with Crippen LogP contribution in [0, 0.1) is 0 Å². The average Bonchev–Trinajstić information content (AvgIpc) is 2.48. The van der Waals surface area contributed by atoms with Crippen LogP contribution in [-0.2, 0) is 6.42 Å². The van der Waals surface area contributed by atoms with Crippen molar-refractivity contribution >= 4 is 0 Å². The largest absolute Gasteiger partial charge is 0.489 e. The van der Waals surface area contributed by atoms with Crippen LogP contribution in [0.15, 0.2) is 54.6 Å². The van der Waals surface area contributed by atoms with Gasteiger partial charge in [0.2, 0.25) is 0 Å². The zero-order valence-corrected chi connectivity index (χ0v) is 12.3. The molecule has 0 radical (unpaired) electrons. The first-order valence-corrected chi connectivity index (χ1v) is 7.28. The van der Waals surface area contributed by atoms with E-state index in [9.17, 15) is 0 Å². The van der Waals surface area contributed by atoms with Crippen LogP contribution < -0.4 is 10.1 Å². The van der Waals surface area contributed by atoms with Gasteiger partial charge in [-0.3, -0.25) is 0 Å². The fraction of sp³-hybridized carbons (Fsp3) is 0.333. The van der Waals surface area contributed by atoms with E-state index in [1.165, 1.54) is 11.1 Å². The normalized spacial score (nSPS) is 12.1. The Hall–Kier alpha value is -1.80. The van der Waals surface area contributed by atoms with E-state index in [2.05, 4.69) is 61.6 Å². The van der Waals surface area contributed by atoms with Gasteiger partial charge < -0.3 is 10.1 Å². The molecule has 0 aliphatic heterocycles. The molecule has 0 amide bonds. The van der Waals surface area contributed by atoms with Gasteiger partial charge >= 0.3 is 0 Å². The van der Waals surface area contributed by atoms with Gasteiger partial charge in [-0.2, -0.15) is 0 Å². The van der Waals surface area contributed by atoms with Crippen molar-refractivity contribution in [1.82, 2.24) is 5.32 Å². The summed E-state index contributed by atoms with van der Waals surface area (Å²) in [6.45, 7) is 6.05. The highest BCUT2D eigenvalue weighted by atomic mass is 16.5. The van der Waals surface area contributed by atoms with E-state index in [1.54, 1.807) is 0 Å². The molecule has 0 aliphatic rings. The summed E-state index contributed by atoms with van der Waals surface area (Å²) in [6.07, 6.45) is 1.08. The Morgan fingerprint density at radius 1 is 1.00 bits per heavy atom. The molecule has 1 atom stereocenters. The molecule has 2 aromatic carbocycles. The van der Waals surface area contributed by atoms with Gasteiger partial charge in [0.1, 0.15) is 11.9 Å². The van der Waals surface area contributed by atoms with Crippen molar-refractivity contribution in [3.8, 4) is 5.75 Å². The van der Waals surface area contributed by atoms with Crippen LogP contribution in [0.25, 0.3) is 0 Å². The third kappa shape index (κ3) is 4.39. The minimum atomic E-state index is 0.173. The predicted molar refractivity (Wildman–Crippen MR) is 84.3 cm³/mol. The number of hydrogen-bond acceptors (Lipinski definition) is 2. The van der Waals surface area contributed by atoms with Crippen LogP contribution >= 0.6 is 0 Å². The molecule has 0 spiro atoms. The van der Waals surface area contributed by atoms with Crippen molar-refractivity contribution < 1.29 is 4.74 Å². The Kier molecular flexibility index (Phi) is 5.63. The summed E-state index contributed by atoms with van der Waals surface area (Å²) in [4.78, 5) is 0. The number of para-hydroxylation sites is 1. The first kappa shape index (κ1) is 14.6. The third-order valence-electron chi connectivity index (χ3n) is 3.22. The van der Waals surface area contributed by atoms with Crippen LogP contribution in [-0.4, -0.2) is 19.2 Å². The number of benzene rings is 2. The monoisotopic (exact) mass is 269 g/mol. The Morgan fingerprint density at radius 2 is 1.70 bits per heavy atom. The molecule has 2 aromatic rings. The molecule has 0 saturated carbocycles. The number of rotatable bonds is 7. The van der Waals surface area contributed by atoms with Crippen molar-refractivity contribution in [2.45, 2.75) is 26.4 Å². The van der Waals surface area contributed by atoms with E-state index in [-0.39, 0.29) is 6.10 Å². The zero-order valence-electron chi connectivity index (χ0n) is 12.3. The molecule has 2 nitrogen and oxygen atoms in total. The van der Waals surface area contributed by atoms with Crippen molar-refractivity contribution in [3.05, 3.63) is 65.7 Å². The van der Waals surface area contributed by atoms with Crippen molar-refractivity contribution in [2.75, 3.05) is 13.1 Å². The summed E-state index contributed by atoms with van der Waals surface area (Å²) < 4.78 is 6.06. The van der Waals surface area contributed by atoms with Crippen molar-refractivity contribution in [2.24, 2.45) is 0 Å². The fourth-order valence-corrected chi connectivity index (χ4v) is 2.19.